The van der Waals surface area contributed by atoms with Crippen LogP contribution in [0, 0.1) is 10.1 Å². The number of carboxylic acid groups (broad SMARTS) is 1. The minimum absolute atomic E-state index is 0.352. The molecule has 0 aliphatic heterocycles. The maximum atomic E-state index is 13.9. The number of nitrogens with one attached hydrogen (secondary N) is 1. The Hall–Kier alpha value is -2.62. The van der Waals surface area contributed by atoms with Gasteiger partial charge in [0.15, 0.2) is 0 Å². The number of rotatable bonds is 7. The van der Waals surface area contributed by atoms with Crippen molar-refractivity contribution in [1.29, 1.82) is 0 Å². The minimum atomic E-state index is -4.31. The molecule has 0 aromatic heterocycles. The normalized spacial score (nSPS) is 14.1. The molecule has 0 heterocycles. The molecule has 1 aromatic rings. The molecule has 1 aromatic carbocycles. The van der Waals surface area contributed by atoms with Gasteiger partial charge in [0.05, 0.1) is 11.0 Å². The molecule has 120 valence electrons. The van der Waals surface area contributed by atoms with E-state index >= 15 is 0 Å². The maximum absolute atomic E-state index is 13.9. The molecule has 4 N–H and O–H groups in total. The zero-order valence-electron chi connectivity index (χ0n) is 11.3. The lowest BCUT2D eigenvalue weighted by Gasteiger charge is -2.27. The van der Waals surface area contributed by atoms with Crippen LogP contribution in [0.25, 0.3) is 0 Å². The molecule has 0 aliphatic rings. The van der Waals surface area contributed by atoms with Crippen molar-refractivity contribution in [1.82, 2.24) is 5.32 Å². The van der Waals surface area contributed by atoms with Crippen molar-refractivity contribution in [3.63, 3.8) is 0 Å². The standard InChI is InChI=1S/C12H13F2N3O5/c1-6(10(15)18)16-9(12(13,14)11(19)20)7-3-2-4-8(5-7)17(21)22/h2-6,9,16H,1H3,(H2,15,18)(H,19,20)/t6-,9+/m0/s1. The van der Waals surface area contributed by atoms with Crippen LogP contribution in [0.5, 0.6) is 0 Å². The third-order valence-corrected chi connectivity index (χ3v) is 2.91. The van der Waals surface area contributed by atoms with Gasteiger partial charge in [-0.1, -0.05) is 12.1 Å². The van der Waals surface area contributed by atoms with E-state index in [-0.39, 0.29) is 5.56 Å². The number of alkyl halides is 2. The zero-order valence-corrected chi connectivity index (χ0v) is 11.3. The number of aliphatic carboxylic acids is 1. The number of carbonyl (C=O) groups is 2. The number of hydrogen-bond acceptors (Lipinski definition) is 5. The monoisotopic (exact) mass is 317 g/mol. The number of nitro benzene ring substituents is 1. The van der Waals surface area contributed by atoms with Crippen LogP contribution in [0.4, 0.5) is 14.5 Å². The molecule has 8 nitrogen and oxygen atoms in total. The number of non-ortho nitro benzene ring substituents is 1. The second-order valence-electron chi connectivity index (χ2n) is 4.50. The summed E-state index contributed by atoms with van der Waals surface area (Å²) in [5.41, 5.74) is 4.12. The van der Waals surface area contributed by atoms with Crippen molar-refractivity contribution in [2.75, 3.05) is 0 Å². The van der Waals surface area contributed by atoms with E-state index < -0.39 is 40.5 Å². The fraction of sp³-hybridized carbons (Fsp3) is 0.333. The Kier molecular flexibility index (Phi) is 5.10. The highest BCUT2D eigenvalue weighted by molar-refractivity contribution is 5.80. The van der Waals surface area contributed by atoms with E-state index in [0.717, 1.165) is 24.3 Å². The molecule has 1 amide bonds. The predicted molar refractivity (Wildman–Crippen MR) is 70.2 cm³/mol. The Bertz CT molecular complexity index is 608. The van der Waals surface area contributed by atoms with Gasteiger partial charge in [-0.3, -0.25) is 20.2 Å². The van der Waals surface area contributed by atoms with Crippen LogP contribution >= 0.6 is 0 Å². The summed E-state index contributed by atoms with van der Waals surface area (Å²) in [4.78, 5) is 31.7. The first kappa shape index (κ1) is 17.4. The number of amides is 1. The van der Waals surface area contributed by atoms with Gasteiger partial charge in [-0.15, -0.1) is 0 Å². The number of nitrogens with zero attached hydrogens (tertiary/aromatic N) is 1. The number of halogens is 2. The molecule has 0 radical (unpaired) electrons. The Labute approximate surface area is 123 Å². The van der Waals surface area contributed by atoms with Gasteiger partial charge in [0.2, 0.25) is 5.91 Å². The summed E-state index contributed by atoms with van der Waals surface area (Å²) in [6.45, 7) is 1.17. The molecule has 0 spiro atoms. The van der Waals surface area contributed by atoms with Gasteiger partial charge in [-0.05, 0) is 12.5 Å². The van der Waals surface area contributed by atoms with Crippen LogP contribution in [0.2, 0.25) is 0 Å². The molecule has 0 saturated carbocycles. The number of carboxylic acids is 1. The predicted octanol–water partition coefficient (Wildman–Crippen LogP) is 0.819. The molecule has 0 bridgehead atoms. The number of carbonyl (C=O) groups excluding carboxylic acids is 1. The SMILES string of the molecule is C[C@H](N[C@H](c1cccc([N+](=O)[O-])c1)C(F)(F)C(=O)O)C(N)=O. The van der Waals surface area contributed by atoms with E-state index in [1.807, 2.05) is 0 Å². The highest BCUT2D eigenvalue weighted by atomic mass is 19.3. The Morgan fingerprint density at radius 3 is 2.50 bits per heavy atom. The van der Waals surface area contributed by atoms with E-state index in [0.29, 0.717) is 0 Å². The maximum Gasteiger partial charge on any atom is 0.376 e. The Morgan fingerprint density at radius 1 is 1.45 bits per heavy atom. The largest absolute Gasteiger partial charge is 0.477 e. The van der Waals surface area contributed by atoms with E-state index in [4.69, 9.17) is 10.8 Å². The number of nitrogens with two attached hydrogens (primary N) is 1. The van der Waals surface area contributed by atoms with Crippen molar-refractivity contribution in [3.05, 3.63) is 39.9 Å². The molecular weight excluding hydrogens is 304 g/mol. The van der Waals surface area contributed by atoms with Gasteiger partial charge in [0, 0.05) is 12.1 Å². The Balaban J connectivity index is 3.31. The van der Waals surface area contributed by atoms with Gasteiger partial charge >= 0.3 is 11.9 Å². The first-order valence-corrected chi connectivity index (χ1v) is 5.98. The summed E-state index contributed by atoms with van der Waals surface area (Å²) >= 11 is 0. The van der Waals surface area contributed by atoms with Gasteiger partial charge < -0.3 is 10.8 Å². The van der Waals surface area contributed by atoms with Crippen LogP contribution in [-0.4, -0.2) is 33.9 Å². The molecule has 10 heteroatoms. The van der Waals surface area contributed by atoms with Crippen LogP contribution in [0.15, 0.2) is 24.3 Å². The molecule has 22 heavy (non-hydrogen) atoms. The molecule has 0 unspecified atom stereocenters. The van der Waals surface area contributed by atoms with Crippen LogP contribution in [0.1, 0.15) is 18.5 Å². The molecule has 2 atom stereocenters. The summed E-state index contributed by atoms with van der Waals surface area (Å²) in [5, 5.41) is 21.5. The summed E-state index contributed by atoms with van der Waals surface area (Å²) in [6.07, 6.45) is 0. The van der Waals surface area contributed by atoms with E-state index in [2.05, 4.69) is 5.32 Å². The summed E-state index contributed by atoms with van der Waals surface area (Å²) in [7, 11) is 0. The van der Waals surface area contributed by atoms with Gasteiger partial charge in [0.1, 0.15) is 6.04 Å². The molecule has 0 aliphatic carbocycles. The van der Waals surface area contributed by atoms with Crippen LogP contribution in [-0.2, 0) is 9.59 Å². The zero-order chi connectivity index (χ0) is 17.1. The highest BCUT2D eigenvalue weighted by Crippen LogP contribution is 2.33. The number of nitro groups is 1. The second-order valence-corrected chi connectivity index (χ2v) is 4.50. The minimum Gasteiger partial charge on any atom is -0.477 e. The number of hydrogen-bond donors (Lipinski definition) is 3. The van der Waals surface area contributed by atoms with E-state index in [9.17, 15) is 28.5 Å². The van der Waals surface area contributed by atoms with Crippen LogP contribution < -0.4 is 11.1 Å². The van der Waals surface area contributed by atoms with E-state index in [1.165, 1.54) is 6.92 Å². The van der Waals surface area contributed by atoms with Crippen molar-refractivity contribution >= 4 is 17.6 Å². The van der Waals surface area contributed by atoms with Crippen molar-refractivity contribution in [2.45, 2.75) is 24.9 Å². The lowest BCUT2D eigenvalue weighted by Crippen LogP contribution is -2.49. The van der Waals surface area contributed by atoms with Gasteiger partial charge in [0.25, 0.3) is 5.69 Å². The van der Waals surface area contributed by atoms with Gasteiger partial charge in [-0.25, -0.2) is 4.79 Å². The average molecular weight is 317 g/mol. The van der Waals surface area contributed by atoms with Crippen molar-refractivity contribution in [3.8, 4) is 0 Å². The third kappa shape index (κ3) is 3.73. The Morgan fingerprint density at radius 2 is 2.05 bits per heavy atom. The topological polar surface area (TPSA) is 136 Å². The van der Waals surface area contributed by atoms with E-state index in [1.54, 1.807) is 0 Å². The summed E-state index contributed by atoms with van der Waals surface area (Å²) < 4.78 is 27.7. The molecule has 1 rings (SSSR count). The average Bonchev–Trinajstić information content (AvgIpc) is 2.43. The summed E-state index contributed by atoms with van der Waals surface area (Å²) in [5.74, 6) is -7.72. The quantitative estimate of drug-likeness (QED) is 0.503. The third-order valence-electron chi connectivity index (χ3n) is 2.91. The molecule has 0 fully saturated rings. The van der Waals surface area contributed by atoms with Crippen molar-refractivity contribution in [2.24, 2.45) is 5.73 Å². The first-order chi connectivity index (χ1) is 10.1. The van der Waals surface area contributed by atoms with Crippen molar-refractivity contribution < 1.29 is 28.4 Å². The van der Waals surface area contributed by atoms with Gasteiger partial charge in [-0.2, -0.15) is 8.78 Å². The fourth-order valence-corrected chi connectivity index (χ4v) is 1.68. The number of benzene rings is 1. The molecule has 0 saturated heterocycles. The first-order valence-electron chi connectivity index (χ1n) is 5.98. The summed E-state index contributed by atoms with van der Waals surface area (Å²) in [6, 6.07) is 0.672. The van der Waals surface area contributed by atoms with Crippen LogP contribution in [0.3, 0.4) is 0 Å². The lowest BCUT2D eigenvalue weighted by atomic mass is 9.98. The number of primary amides is 1. The second kappa shape index (κ2) is 6.43. The smallest absolute Gasteiger partial charge is 0.376 e. The lowest BCUT2D eigenvalue weighted by molar-refractivity contribution is -0.385. The fourth-order valence-electron chi connectivity index (χ4n) is 1.68. The highest BCUT2D eigenvalue weighted by Gasteiger charge is 2.49. The molecular formula is C12H13F2N3O5.